The van der Waals surface area contributed by atoms with Crippen LogP contribution < -0.4 is 9.80 Å². The average Bonchev–Trinajstić information content (AvgIpc) is 3.13. The predicted octanol–water partition coefficient (Wildman–Crippen LogP) is 3.57. The van der Waals surface area contributed by atoms with Crippen LogP contribution in [0.25, 0.3) is 0 Å². The van der Waals surface area contributed by atoms with Crippen LogP contribution in [0.4, 0.5) is 11.4 Å². The summed E-state index contributed by atoms with van der Waals surface area (Å²) in [5, 5.41) is 1.89. The van der Waals surface area contributed by atoms with Crippen molar-refractivity contribution < 1.29 is 9.59 Å². The van der Waals surface area contributed by atoms with E-state index in [0.29, 0.717) is 11.4 Å². The van der Waals surface area contributed by atoms with Gasteiger partial charge in [0.05, 0.1) is 12.2 Å². The summed E-state index contributed by atoms with van der Waals surface area (Å²) in [5.41, 5.74) is 1.57. The molecule has 2 amide bonds. The fourth-order valence-corrected chi connectivity index (χ4v) is 4.72. The molecule has 0 radical (unpaired) electrons. The van der Waals surface area contributed by atoms with E-state index in [2.05, 4.69) is 4.90 Å². The molecular weight excluding hydrogens is 346 g/mol. The highest BCUT2D eigenvalue weighted by Crippen LogP contribution is 2.37. The standard InChI is InChI=1S/C20H23N3O2S/c1-15-22(16-8-4-2-5-9-16)20(25)19-17(10-13-26-19)23(15)18(24)14-21-11-6-3-7-12-21/h2,4-5,8-10,13,15H,3,6-7,11-12,14H2,1H3/t15-/m0/s1. The first-order chi connectivity index (χ1) is 12.7. The molecule has 0 saturated carbocycles. The molecule has 1 atom stereocenters. The van der Waals surface area contributed by atoms with Gasteiger partial charge < -0.3 is 0 Å². The van der Waals surface area contributed by atoms with Gasteiger partial charge in [0, 0.05) is 5.69 Å². The lowest BCUT2D eigenvalue weighted by molar-refractivity contribution is -0.120. The molecule has 0 spiro atoms. The number of benzene rings is 1. The third-order valence-electron chi connectivity index (χ3n) is 5.17. The van der Waals surface area contributed by atoms with E-state index < -0.39 is 0 Å². The Kier molecular flexibility index (Phi) is 4.78. The number of rotatable bonds is 3. The molecule has 6 heteroatoms. The van der Waals surface area contributed by atoms with Crippen molar-refractivity contribution in [1.82, 2.24) is 4.90 Å². The number of carbonyl (C=O) groups excluding carboxylic acids is 2. The Bertz CT molecular complexity index is 798. The lowest BCUT2D eigenvalue weighted by atomic mass is 10.1. The zero-order valence-corrected chi connectivity index (χ0v) is 15.7. The largest absolute Gasteiger partial charge is 0.294 e. The number of amides is 2. The summed E-state index contributed by atoms with van der Waals surface area (Å²) >= 11 is 1.40. The van der Waals surface area contributed by atoms with E-state index in [9.17, 15) is 9.59 Å². The minimum absolute atomic E-state index is 0.0317. The quantitative estimate of drug-likeness (QED) is 0.831. The summed E-state index contributed by atoms with van der Waals surface area (Å²) in [4.78, 5) is 32.6. The summed E-state index contributed by atoms with van der Waals surface area (Å²) in [6, 6.07) is 11.5. The van der Waals surface area contributed by atoms with Crippen LogP contribution in [0.1, 0.15) is 35.9 Å². The molecule has 1 aromatic carbocycles. The van der Waals surface area contributed by atoms with Gasteiger partial charge in [-0.15, -0.1) is 11.3 Å². The first-order valence-corrected chi connectivity index (χ1v) is 10.1. The van der Waals surface area contributed by atoms with Gasteiger partial charge >= 0.3 is 0 Å². The second kappa shape index (κ2) is 7.21. The van der Waals surface area contributed by atoms with E-state index in [-0.39, 0.29) is 18.0 Å². The molecule has 4 rings (SSSR count). The van der Waals surface area contributed by atoms with Gasteiger partial charge in [-0.1, -0.05) is 24.6 Å². The molecule has 0 aliphatic carbocycles. The topological polar surface area (TPSA) is 43.9 Å². The number of hydrogen-bond donors (Lipinski definition) is 0. The first kappa shape index (κ1) is 17.2. The highest BCUT2D eigenvalue weighted by molar-refractivity contribution is 7.13. The molecule has 26 heavy (non-hydrogen) atoms. The smallest absolute Gasteiger partial charge is 0.272 e. The second-order valence-corrected chi connectivity index (χ2v) is 7.79. The molecule has 2 aliphatic rings. The van der Waals surface area contributed by atoms with Crippen LogP contribution >= 0.6 is 11.3 Å². The van der Waals surface area contributed by atoms with Crippen molar-refractivity contribution in [3.63, 3.8) is 0 Å². The number of likely N-dealkylation sites (tertiary alicyclic amines) is 1. The highest BCUT2D eigenvalue weighted by Gasteiger charge is 2.40. The van der Waals surface area contributed by atoms with Crippen LogP contribution in [0.2, 0.25) is 0 Å². The van der Waals surface area contributed by atoms with Gasteiger partial charge in [0.2, 0.25) is 5.91 Å². The Morgan fingerprint density at radius 2 is 1.85 bits per heavy atom. The molecule has 0 bridgehead atoms. The van der Waals surface area contributed by atoms with Crippen molar-refractivity contribution in [1.29, 1.82) is 0 Å². The predicted molar refractivity (Wildman–Crippen MR) is 105 cm³/mol. The molecule has 0 N–H and O–H groups in total. The zero-order chi connectivity index (χ0) is 18.1. The van der Waals surface area contributed by atoms with Crippen molar-refractivity contribution in [3.05, 3.63) is 46.7 Å². The van der Waals surface area contributed by atoms with Crippen molar-refractivity contribution in [2.75, 3.05) is 29.4 Å². The van der Waals surface area contributed by atoms with E-state index in [1.54, 1.807) is 9.80 Å². The minimum atomic E-state index is -0.343. The minimum Gasteiger partial charge on any atom is -0.294 e. The third kappa shape index (κ3) is 3.04. The molecule has 2 aromatic rings. The monoisotopic (exact) mass is 369 g/mol. The number of para-hydroxylation sites is 1. The van der Waals surface area contributed by atoms with E-state index in [1.165, 1.54) is 17.8 Å². The molecule has 0 unspecified atom stereocenters. The maximum atomic E-state index is 13.2. The summed E-state index contributed by atoms with van der Waals surface area (Å²) in [6.45, 7) is 4.30. The average molecular weight is 369 g/mol. The lowest BCUT2D eigenvalue weighted by Crippen LogP contribution is -2.57. The van der Waals surface area contributed by atoms with Crippen LogP contribution in [0, 0.1) is 0 Å². The van der Waals surface area contributed by atoms with Crippen LogP contribution in [0.15, 0.2) is 41.8 Å². The van der Waals surface area contributed by atoms with Crippen molar-refractivity contribution in [2.24, 2.45) is 0 Å². The molecule has 1 saturated heterocycles. The highest BCUT2D eigenvalue weighted by atomic mass is 32.1. The Labute approximate surface area is 157 Å². The van der Waals surface area contributed by atoms with Gasteiger partial charge in [0.25, 0.3) is 5.91 Å². The van der Waals surface area contributed by atoms with E-state index in [0.717, 1.165) is 37.3 Å². The number of piperidine rings is 1. The van der Waals surface area contributed by atoms with Gasteiger partial charge in [-0.25, -0.2) is 0 Å². The van der Waals surface area contributed by atoms with Crippen LogP contribution in [-0.2, 0) is 4.79 Å². The summed E-state index contributed by atoms with van der Waals surface area (Å²) in [5.74, 6) is 0.0307. The van der Waals surface area contributed by atoms with Crippen molar-refractivity contribution in [2.45, 2.75) is 32.4 Å². The summed E-state index contributed by atoms with van der Waals surface area (Å²) < 4.78 is 0. The Morgan fingerprint density at radius 1 is 1.12 bits per heavy atom. The SMILES string of the molecule is C[C@H]1N(c2ccccc2)C(=O)c2sccc2N1C(=O)CN1CCCCC1. The Balaban J connectivity index is 1.66. The van der Waals surface area contributed by atoms with E-state index >= 15 is 0 Å². The Morgan fingerprint density at radius 3 is 2.58 bits per heavy atom. The number of hydrogen-bond acceptors (Lipinski definition) is 4. The van der Waals surface area contributed by atoms with Crippen molar-refractivity contribution in [3.8, 4) is 0 Å². The number of thiophene rings is 1. The van der Waals surface area contributed by atoms with Gasteiger partial charge in [0.15, 0.2) is 0 Å². The fourth-order valence-electron chi connectivity index (χ4n) is 3.90. The molecule has 1 aromatic heterocycles. The molecule has 2 aliphatic heterocycles. The number of fused-ring (bicyclic) bond motifs is 1. The molecular formula is C20H23N3O2S. The van der Waals surface area contributed by atoms with Crippen molar-refractivity contribution >= 4 is 34.5 Å². The van der Waals surface area contributed by atoms with Crippen LogP contribution in [0.5, 0.6) is 0 Å². The van der Waals surface area contributed by atoms with E-state index in [1.807, 2.05) is 48.7 Å². The molecule has 3 heterocycles. The van der Waals surface area contributed by atoms with Gasteiger partial charge in [-0.05, 0) is 56.4 Å². The fraction of sp³-hybridized carbons (Fsp3) is 0.400. The molecule has 136 valence electrons. The number of nitrogens with zero attached hydrogens (tertiary/aromatic N) is 3. The normalized spacial score (nSPS) is 21.0. The molecule has 5 nitrogen and oxygen atoms in total. The van der Waals surface area contributed by atoms with Crippen LogP contribution in [-0.4, -0.2) is 42.5 Å². The summed E-state index contributed by atoms with van der Waals surface area (Å²) in [6.07, 6.45) is 3.21. The zero-order valence-electron chi connectivity index (χ0n) is 14.9. The Hall–Kier alpha value is -2.18. The maximum absolute atomic E-state index is 13.2. The van der Waals surface area contributed by atoms with Gasteiger partial charge in [-0.2, -0.15) is 0 Å². The number of carbonyl (C=O) groups is 2. The van der Waals surface area contributed by atoms with Gasteiger partial charge in [0.1, 0.15) is 11.0 Å². The van der Waals surface area contributed by atoms with Gasteiger partial charge in [-0.3, -0.25) is 24.3 Å². The maximum Gasteiger partial charge on any atom is 0.272 e. The summed E-state index contributed by atoms with van der Waals surface area (Å²) in [7, 11) is 0. The lowest BCUT2D eigenvalue weighted by Gasteiger charge is -2.42. The van der Waals surface area contributed by atoms with E-state index in [4.69, 9.17) is 0 Å². The second-order valence-electron chi connectivity index (χ2n) is 6.88. The molecule has 1 fully saturated rings. The third-order valence-corrected chi connectivity index (χ3v) is 6.07. The number of anilines is 2. The first-order valence-electron chi connectivity index (χ1n) is 9.17. The van der Waals surface area contributed by atoms with Crippen LogP contribution in [0.3, 0.4) is 0 Å².